The number of nitrogens with zero attached hydrogens (tertiary/aromatic N) is 2. The van der Waals surface area contributed by atoms with E-state index in [1.54, 1.807) is 0 Å². The van der Waals surface area contributed by atoms with Crippen LogP contribution in [-0.2, 0) is 0 Å². The van der Waals surface area contributed by atoms with Crippen molar-refractivity contribution in [3.05, 3.63) is 24.4 Å². The average molecular weight is 307 g/mol. The molecule has 0 atom stereocenters. The first kappa shape index (κ1) is 15.1. The molecule has 0 bridgehead atoms. The van der Waals surface area contributed by atoms with E-state index < -0.39 is 5.60 Å². The zero-order chi connectivity index (χ0) is 14.5. The number of thioether (sulfide) groups is 1. The average Bonchev–Trinajstić information content (AvgIpc) is 2.55. The molecule has 0 radical (unpaired) electrons. The van der Waals surface area contributed by atoms with Gasteiger partial charge in [0.1, 0.15) is 5.82 Å². The maximum absolute atomic E-state index is 10.5. The van der Waals surface area contributed by atoms with E-state index in [4.69, 9.17) is 0 Å². The molecule has 0 amide bonds. The van der Waals surface area contributed by atoms with Crippen LogP contribution in [0.5, 0.6) is 0 Å². The normalized spacial score (nSPS) is 23.2. The van der Waals surface area contributed by atoms with Gasteiger partial charge < -0.3 is 15.3 Å². The van der Waals surface area contributed by atoms with Crippen molar-refractivity contribution in [3.8, 4) is 0 Å². The van der Waals surface area contributed by atoms with Crippen LogP contribution in [0.1, 0.15) is 25.7 Å². The fourth-order valence-corrected chi connectivity index (χ4v) is 4.37. The van der Waals surface area contributed by atoms with Gasteiger partial charge in [0.25, 0.3) is 0 Å². The summed E-state index contributed by atoms with van der Waals surface area (Å²) in [5.74, 6) is 3.27. The number of hydrogen-bond donors (Lipinski definition) is 2. The second-order valence-corrected chi connectivity index (χ2v) is 7.39. The van der Waals surface area contributed by atoms with Crippen molar-refractivity contribution < 1.29 is 5.11 Å². The summed E-state index contributed by atoms with van der Waals surface area (Å²) in [6.07, 6.45) is 5.97. The van der Waals surface area contributed by atoms with Gasteiger partial charge in [0, 0.05) is 31.9 Å². The number of anilines is 1. The van der Waals surface area contributed by atoms with Gasteiger partial charge in [0.15, 0.2) is 0 Å². The molecule has 21 heavy (non-hydrogen) atoms. The van der Waals surface area contributed by atoms with Gasteiger partial charge in [-0.15, -0.1) is 0 Å². The van der Waals surface area contributed by atoms with Crippen LogP contribution in [-0.4, -0.2) is 52.9 Å². The van der Waals surface area contributed by atoms with Gasteiger partial charge in [-0.2, -0.15) is 11.8 Å². The summed E-state index contributed by atoms with van der Waals surface area (Å²) >= 11 is 1.96. The van der Waals surface area contributed by atoms with E-state index in [2.05, 4.69) is 21.3 Å². The second-order valence-electron chi connectivity index (χ2n) is 6.17. The van der Waals surface area contributed by atoms with Gasteiger partial charge in [-0.1, -0.05) is 6.07 Å². The highest BCUT2D eigenvalue weighted by atomic mass is 32.2. The third kappa shape index (κ3) is 4.11. The zero-order valence-corrected chi connectivity index (χ0v) is 13.3. The molecule has 2 aliphatic rings. The van der Waals surface area contributed by atoms with Crippen LogP contribution in [0.2, 0.25) is 0 Å². The Morgan fingerprint density at radius 1 is 1.29 bits per heavy atom. The molecule has 2 N–H and O–H groups in total. The van der Waals surface area contributed by atoms with Crippen LogP contribution >= 0.6 is 11.8 Å². The number of piperidine rings is 1. The lowest BCUT2D eigenvalue weighted by molar-refractivity contribution is 0.0288. The van der Waals surface area contributed by atoms with Gasteiger partial charge in [-0.25, -0.2) is 4.98 Å². The zero-order valence-electron chi connectivity index (χ0n) is 12.5. The maximum Gasteiger partial charge on any atom is 0.128 e. The first-order valence-electron chi connectivity index (χ1n) is 7.95. The molecule has 4 nitrogen and oxygen atoms in total. The topological polar surface area (TPSA) is 48.4 Å². The monoisotopic (exact) mass is 307 g/mol. The Morgan fingerprint density at radius 2 is 2.05 bits per heavy atom. The number of pyridine rings is 1. The van der Waals surface area contributed by atoms with Gasteiger partial charge in [-0.05, 0) is 49.3 Å². The molecule has 2 fully saturated rings. The third-order valence-corrected chi connectivity index (χ3v) is 5.60. The molecule has 0 saturated carbocycles. The number of hydrogen-bond acceptors (Lipinski definition) is 5. The summed E-state index contributed by atoms with van der Waals surface area (Å²) < 4.78 is 0. The Hall–Kier alpha value is -0.780. The van der Waals surface area contributed by atoms with E-state index in [0.717, 1.165) is 62.6 Å². The van der Waals surface area contributed by atoms with Crippen LogP contribution in [0, 0.1) is 0 Å². The Balaban J connectivity index is 1.43. The second kappa shape index (κ2) is 6.99. The van der Waals surface area contributed by atoms with Gasteiger partial charge in [-0.3, -0.25) is 0 Å². The first-order valence-corrected chi connectivity index (χ1v) is 9.10. The van der Waals surface area contributed by atoms with Crippen LogP contribution in [0.15, 0.2) is 24.4 Å². The predicted molar refractivity (Wildman–Crippen MR) is 89.0 cm³/mol. The molecule has 1 aromatic rings. The van der Waals surface area contributed by atoms with E-state index >= 15 is 0 Å². The molecular weight excluding hydrogens is 282 g/mol. The lowest BCUT2D eigenvalue weighted by Gasteiger charge is -2.37. The summed E-state index contributed by atoms with van der Waals surface area (Å²) in [7, 11) is 0. The minimum absolute atomic E-state index is 0.469. The van der Waals surface area contributed by atoms with Crippen LogP contribution in [0.25, 0.3) is 0 Å². The van der Waals surface area contributed by atoms with E-state index in [1.165, 1.54) is 0 Å². The number of aromatic nitrogens is 1. The van der Waals surface area contributed by atoms with Crippen molar-refractivity contribution in [2.24, 2.45) is 0 Å². The molecule has 0 unspecified atom stereocenters. The van der Waals surface area contributed by atoms with E-state index in [1.807, 2.05) is 30.1 Å². The van der Waals surface area contributed by atoms with Crippen LogP contribution in [0.3, 0.4) is 0 Å². The Bertz CT molecular complexity index is 428. The number of nitrogens with one attached hydrogen (secondary N) is 1. The van der Waals surface area contributed by atoms with Crippen molar-refractivity contribution in [1.29, 1.82) is 0 Å². The molecule has 1 aromatic heterocycles. The molecule has 3 heterocycles. The quantitative estimate of drug-likeness (QED) is 0.890. The minimum Gasteiger partial charge on any atom is -0.389 e. The number of aliphatic hydroxyl groups is 1. The van der Waals surface area contributed by atoms with Crippen LogP contribution in [0.4, 0.5) is 5.82 Å². The molecular formula is C16H25N3OS. The highest BCUT2D eigenvalue weighted by Crippen LogP contribution is 2.26. The van der Waals surface area contributed by atoms with Crippen molar-refractivity contribution in [3.63, 3.8) is 0 Å². The molecule has 3 rings (SSSR count). The smallest absolute Gasteiger partial charge is 0.128 e. The summed E-state index contributed by atoms with van der Waals surface area (Å²) in [4.78, 5) is 6.77. The van der Waals surface area contributed by atoms with Crippen molar-refractivity contribution in [2.75, 3.05) is 36.0 Å². The fraction of sp³-hybridized carbons (Fsp3) is 0.688. The maximum atomic E-state index is 10.5. The summed E-state index contributed by atoms with van der Waals surface area (Å²) in [6, 6.07) is 6.61. The third-order valence-electron chi connectivity index (χ3n) is 4.61. The van der Waals surface area contributed by atoms with Crippen molar-refractivity contribution in [1.82, 2.24) is 10.3 Å². The lowest BCUT2D eigenvalue weighted by Crippen LogP contribution is -2.50. The Morgan fingerprint density at radius 3 is 2.71 bits per heavy atom. The molecule has 116 valence electrons. The Labute approximate surface area is 131 Å². The number of rotatable bonds is 4. The fourth-order valence-electron chi connectivity index (χ4n) is 3.12. The predicted octanol–water partition coefficient (Wildman–Crippen LogP) is 1.90. The summed E-state index contributed by atoms with van der Waals surface area (Å²) in [5, 5.41) is 14.1. The van der Waals surface area contributed by atoms with E-state index in [-0.39, 0.29) is 0 Å². The van der Waals surface area contributed by atoms with Gasteiger partial charge >= 0.3 is 0 Å². The molecule has 2 aliphatic heterocycles. The van der Waals surface area contributed by atoms with Gasteiger partial charge in [0.2, 0.25) is 0 Å². The van der Waals surface area contributed by atoms with Crippen molar-refractivity contribution >= 4 is 17.6 Å². The van der Waals surface area contributed by atoms with E-state index in [0.29, 0.717) is 6.04 Å². The van der Waals surface area contributed by atoms with E-state index in [9.17, 15) is 5.11 Å². The SMILES string of the molecule is OC1(CNC2CCN(c3ccccn3)CC2)CCSCC1. The molecule has 2 saturated heterocycles. The highest BCUT2D eigenvalue weighted by molar-refractivity contribution is 7.99. The van der Waals surface area contributed by atoms with Crippen molar-refractivity contribution in [2.45, 2.75) is 37.3 Å². The van der Waals surface area contributed by atoms with Crippen LogP contribution < -0.4 is 10.2 Å². The largest absolute Gasteiger partial charge is 0.389 e. The standard InChI is InChI=1S/C16H25N3OS/c20-16(6-11-21-12-7-16)13-18-14-4-9-19(10-5-14)15-3-1-2-8-17-15/h1-3,8,14,18,20H,4-7,9-13H2. The molecule has 0 aromatic carbocycles. The summed E-state index contributed by atoms with van der Waals surface area (Å²) in [6.45, 7) is 2.84. The summed E-state index contributed by atoms with van der Waals surface area (Å²) in [5.41, 5.74) is -0.469. The Kier molecular flexibility index (Phi) is 5.03. The van der Waals surface area contributed by atoms with Gasteiger partial charge in [0.05, 0.1) is 5.60 Å². The molecule has 0 spiro atoms. The lowest BCUT2D eigenvalue weighted by atomic mass is 9.95. The highest BCUT2D eigenvalue weighted by Gasteiger charge is 2.30. The minimum atomic E-state index is -0.469. The molecule has 5 heteroatoms. The molecule has 0 aliphatic carbocycles. The first-order chi connectivity index (χ1) is 10.3.